The standard InChI is InChI=1S/C20H32N8O7/c1-9(2)3-12(18(32)28-14(20(34)35)4-10-7-24-8-25-10)27-19(33)13(6-16(23)30)26-17(31)11(21)5-15(22)29/h7-9,11-14H,3-6,21H2,1-2H3,(H2,22,29)(H2,23,30)(H,24,25)(H,26,31)(H,27,33)(H,28,32)(H,34,35). The summed E-state index contributed by atoms with van der Waals surface area (Å²) in [6.07, 6.45) is 1.69. The zero-order valence-corrected chi connectivity index (χ0v) is 19.4. The number of hydrogen-bond acceptors (Lipinski definition) is 8. The number of carboxylic acids is 1. The largest absolute Gasteiger partial charge is 0.480 e. The maximum atomic E-state index is 12.9. The highest BCUT2D eigenvalue weighted by atomic mass is 16.4. The maximum absolute atomic E-state index is 12.9. The summed E-state index contributed by atoms with van der Waals surface area (Å²) in [7, 11) is 0. The van der Waals surface area contributed by atoms with Gasteiger partial charge in [-0.15, -0.1) is 0 Å². The number of imidazole rings is 1. The first-order valence-electron chi connectivity index (χ1n) is 10.7. The first-order valence-corrected chi connectivity index (χ1v) is 10.7. The Balaban J connectivity index is 2.99. The smallest absolute Gasteiger partial charge is 0.326 e. The van der Waals surface area contributed by atoms with Gasteiger partial charge in [0.05, 0.1) is 25.2 Å². The van der Waals surface area contributed by atoms with E-state index in [1.807, 2.05) is 0 Å². The molecule has 35 heavy (non-hydrogen) atoms. The van der Waals surface area contributed by atoms with E-state index in [-0.39, 0.29) is 18.8 Å². The van der Waals surface area contributed by atoms with E-state index in [9.17, 15) is 33.9 Å². The third kappa shape index (κ3) is 10.6. The number of hydrogen-bond donors (Lipinski definition) is 8. The molecule has 0 aromatic carbocycles. The predicted octanol–water partition coefficient (Wildman–Crippen LogP) is -3.38. The quantitative estimate of drug-likeness (QED) is 0.120. The van der Waals surface area contributed by atoms with Crippen molar-refractivity contribution in [2.75, 3.05) is 0 Å². The lowest BCUT2D eigenvalue weighted by atomic mass is 10.0. The lowest BCUT2D eigenvalue weighted by molar-refractivity contribution is -0.142. The van der Waals surface area contributed by atoms with E-state index in [0.29, 0.717) is 5.69 Å². The van der Waals surface area contributed by atoms with Crippen molar-refractivity contribution < 1.29 is 33.9 Å². The number of nitrogens with zero attached hydrogens (tertiary/aromatic N) is 1. The number of nitrogens with one attached hydrogen (secondary N) is 4. The first kappa shape index (κ1) is 29.0. The number of amides is 5. The van der Waals surface area contributed by atoms with Gasteiger partial charge in [0.15, 0.2) is 0 Å². The maximum Gasteiger partial charge on any atom is 0.326 e. The highest BCUT2D eigenvalue weighted by molar-refractivity contribution is 5.96. The molecule has 0 aliphatic heterocycles. The molecule has 0 fully saturated rings. The Morgan fingerprint density at radius 1 is 0.914 bits per heavy atom. The van der Waals surface area contributed by atoms with Crippen LogP contribution in [0.25, 0.3) is 0 Å². The summed E-state index contributed by atoms with van der Waals surface area (Å²) < 4.78 is 0. The van der Waals surface area contributed by atoms with Crippen LogP contribution in [0.4, 0.5) is 0 Å². The monoisotopic (exact) mass is 496 g/mol. The Morgan fingerprint density at radius 2 is 1.46 bits per heavy atom. The van der Waals surface area contributed by atoms with Crippen LogP contribution >= 0.6 is 0 Å². The number of carboxylic acid groups (broad SMARTS) is 1. The van der Waals surface area contributed by atoms with Gasteiger partial charge in [-0.25, -0.2) is 9.78 Å². The average molecular weight is 497 g/mol. The Morgan fingerprint density at radius 3 is 1.94 bits per heavy atom. The second-order valence-electron chi connectivity index (χ2n) is 8.38. The summed E-state index contributed by atoms with van der Waals surface area (Å²) in [5.41, 5.74) is 16.2. The molecule has 4 atom stereocenters. The second-order valence-corrected chi connectivity index (χ2v) is 8.38. The molecule has 1 heterocycles. The molecule has 0 spiro atoms. The van der Waals surface area contributed by atoms with E-state index >= 15 is 0 Å². The first-order chi connectivity index (χ1) is 16.3. The van der Waals surface area contributed by atoms with Gasteiger partial charge < -0.3 is 43.2 Å². The number of aliphatic carboxylic acids is 1. The Hall–Kier alpha value is -4.01. The average Bonchev–Trinajstić information content (AvgIpc) is 3.24. The minimum Gasteiger partial charge on any atom is -0.480 e. The number of aromatic amines is 1. The molecule has 0 aliphatic rings. The van der Waals surface area contributed by atoms with Gasteiger partial charge in [0.1, 0.15) is 18.1 Å². The van der Waals surface area contributed by atoms with Crippen LogP contribution in [-0.2, 0) is 35.2 Å². The van der Waals surface area contributed by atoms with Crippen molar-refractivity contribution >= 4 is 35.5 Å². The van der Waals surface area contributed by atoms with Gasteiger partial charge in [0.2, 0.25) is 29.5 Å². The van der Waals surface area contributed by atoms with Crippen molar-refractivity contribution in [1.29, 1.82) is 0 Å². The molecule has 1 rings (SSSR count). The molecule has 0 aliphatic carbocycles. The van der Waals surface area contributed by atoms with Crippen molar-refractivity contribution in [1.82, 2.24) is 25.9 Å². The van der Waals surface area contributed by atoms with E-state index in [0.717, 1.165) is 0 Å². The number of H-pyrrole nitrogens is 1. The van der Waals surface area contributed by atoms with Crippen LogP contribution in [0.3, 0.4) is 0 Å². The number of carbonyl (C=O) groups excluding carboxylic acids is 5. The molecular weight excluding hydrogens is 464 g/mol. The third-order valence-corrected chi connectivity index (χ3v) is 4.73. The van der Waals surface area contributed by atoms with Gasteiger partial charge in [-0.1, -0.05) is 13.8 Å². The van der Waals surface area contributed by atoms with Crippen LogP contribution in [0.1, 0.15) is 38.8 Å². The van der Waals surface area contributed by atoms with Crippen molar-refractivity contribution in [3.8, 4) is 0 Å². The van der Waals surface area contributed by atoms with E-state index in [4.69, 9.17) is 17.2 Å². The van der Waals surface area contributed by atoms with E-state index in [1.54, 1.807) is 13.8 Å². The predicted molar refractivity (Wildman–Crippen MR) is 121 cm³/mol. The van der Waals surface area contributed by atoms with Crippen LogP contribution < -0.4 is 33.2 Å². The number of carbonyl (C=O) groups is 6. The lowest BCUT2D eigenvalue weighted by Gasteiger charge is -2.25. The van der Waals surface area contributed by atoms with Crippen LogP contribution in [0.15, 0.2) is 12.5 Å². The van der Waals surface area contributed by atoms with Crippen LogP contribution in [0.5, 0.6) is 0 Å². The normalized spacial score (nSPS) is 14.3. The number of primary amides is 2. The summed E-state index contributed by atoms with van der Waals surface area (Å²) in [4.78, 5) is 78.6. The zero-order chi connectivity index (χ0) is 26.7. The van der Waals surface area contributed by atoms with Gasteiger partial charge in [-0.05, 0) is 12.3 Å². The molecule has 1 aromatic heterocycles. The van der Waals surface area contributed by atoms with Crippen LogP contribution in [0.2, 0.25) is 0 Å². The number of rotatable bonds is 15. The van der Waals surface area contributed by atoms with Crippen molar-refractivity contribution in [2.24, 2.45) is 23.1 Å². The molecule has 4 unspecified atom stereocenters. The molecule has 15 heteroatoms. The van der Waals surface area contributed by atoms with Gasteiger partial charge in [-0.2, -0.15) is 0 Å². The molecule has 0 radical (unpaired) electrons. The number of aromatic nitrogens is 2. The third-order valence-electron chi connectivity index (χ3n) is 4.73. The molecule has 11 N–H and O–H groups in total. The summed E-state index contributed by atoms with van der Waals surface area (Å²) in [6.45, 7) is 3.55. The molecule has 0 saturated carbocycles. The fourth-order valence-electron chi connectivity index (χ4n) is 3.06. The SMILES string of the molecule is CC(C)CC(NC(=O)C(CC(N)=O)NC(=O)C(N)CC(N)=O)C(=O)NC(Cc1cnc[nH]1)C(=O)O. The summed E-state index contributed by atoms with van der Waals surface area (Å²) in [5, 5.41) is 16.5. The fourth-order valence-corrected chi connectivity index (χ4v) is 3.06. The van der Waals surface area contributed by atoms with Crippen molar-refractivity contribution in [2.45, 2.75) is 63.7 Å². The van der Waals surface area contributed by atoms with Gasteiger partial charge in [-0.3, -0.25) is 24.0 Å². The zero-order valence-electron chi connectivity index (χ0n) is 19.4. The molecule has 5 amide bonds. The summed E-state index contributed by atoms with van der Waals surface area (Å²) >= 11 is 0. The van der Waals surface area contributed by atoms with E-state index in [2.05, 4.69) is 25.9 Å². The lowest BCUT2D eigenvalue weighted by Crippen LogP contribution is -2.58. The molecular formula is C20H32N8O7. The fraction of sp³-hybridized carbons (Fsp3) is 0.550. The minimum absolute atomic E-state index is 0.0818. The minimum atomic E-state index is -1.50. The van der Waals surface area contributed by atoms with Gasteiger partial charge in [0, 0.05) is 18.3 Å². The number of nitrogens with two attached hydrogens (primary N) is 3. The van der Waals surface area contributed by atoms with Crippen molar-refractivity contribution in [3.05, 3.63) is 18.2 Å². The second kappa shape index (κ2) is 13.6. The molecule has 0 saturated heterocycles. The van der Waals surface area contributed by atoms with E-state index in [1.165, 1.54) is 12.5 Å². The highest BCUT2D eigenvalue weighted by Crippen LogP contribution is 2.08. The Labute approximate surface area is 200 Å². The van der Waals surface area contributed by atoms with Crippen LogP contribution in [0, 0.1) is 5.92 Å². The highest BCUT2D eigenvalue weighted by Gasteiger charge is 2.31. The van der Waals surface area contributed by atoms with Crippen molar-refractivity contribution in [3.63, 3.8) is 0 Å². The topological polar surface area (TPSA) is 265 Å². The molecule has 0 bridgehead atoms. The molecule has 15 nitrogen and oxygen atoms in total. The Bertz CT molecular complexity index is 919. The molecule has 1 aromatic rings. The summed E-state index contributed by atoms with van der Waals surface area (Å²) in [6, 6.07) is -5.38. The van der Waals surface area contributed by atoms with Crippen LogP contribution in [-0.4, -0.2) is 74.7 Å². The molecule has 194 valence electrons. The summed E-state index contributed by atoms with van der Waals surface area (Å²) in [5.74, 6) is -5.82. The van der Waals surface area contributed by atoms with Gasteiger partial charge >= 0.3 is 5.97 Å². The Kier molecular flexibility index (Phi) is 11.3. The van der Waals surface area contributed by atoms with Gasteiger partial charge in [0.25, 0.3) is 0 Å². The van der Waals surface area contributed by atoms with E-state index < -0.39 is 72.5 Å².